The summed E-state index contributed by atoms with van der Waals surface area (Å²) in [4.78, 5) is 42.0. The van der Waals surface area contributed by atoms with Gasteiger partial charge in [-0.2, -0.15) is 10.4 Å². The van der Waals surface area contributed by atoms with Gasteiger partial charge in [0.1, 0.15) is 24.0 Å². The standard InChI is InChI=1S/C27H20N6O6/c1-38-26(35)20-8-5-9-23(33(36)37)22(20)16-39-19-12-10-17(11-13-19)15-29-32-27-30-24(18-6-3-2-4-7-18)21(14-28)25(34)31-27/h2-13,15H,16H2,1H3,(H2,30,31,32,34). The molecule has 0 unspecified atom stereocenters. The van der Waals surface area contributed by atoms with E-state index in [4.69, 9.17) is 9.47 Å². The van der Waals surface area contributed by atoms with Gasteiger partial charge >= 0.3 is 5.97 Å². The Hall–Kier alpha value is -5.83. The number of nitrogens with zero attached hydrogens (tertiary/aromatic N) is 4. The normalized spacial score (nSPS) is 10.6. The first-order valence-electron chi connectivity index (χ1n) is 11.4. The lowest BCUT2D eigenvalue weighted by Gasteiger charge is -2.10. The van der Waals surface area contributed by atoms with Gasteiger partial charge in [0.15, 0.2) is 0 Å². The molecule has 3 aromatic carbocycles. The van der Waals surface area contributed by atoms with Crippen molar-refractivity contribution in [2.45, 2.75) is 6.61 Å². The van der Waals surface area contributed by atoms with E-state index in [2.05, 4.69) is 20.5 Å². The summed E-state index contributed by atoms with van der Waals surface area (Å²) in [5, 5.41) is 24.9. The molecule has 0 spiro atoms. The predicted molar refractivity (Wildman–Crippen MR) is 141 cm³/mol. The summed E-state index contributed by atoms with van der Waals surface area (Å²) in [7, 11) is 1.19. The third-order valence-corrected chi connectivity index (χ3v) is 5.48. The van der Waals surface area contributed by atoms with E-state index in [-0.39, 0.29) is 40.6 Å². The molecule has 0 atom stereocenters. The van der Waals surface area contributed by atoms with Gasteiger partial charge in [0.25, 0.3) is 11.2 Å². The molecule has 0 aliphatic heterocycles. The van der Waals surface area contributed by atoms with Crippen LogP contribution in [0.25, 0.3) is 11.3 Å². The summed E-state index contributed by atoms with van der Waals surface area (Å²) in [5.74, 6) is -0.245. The molecule has 0 radical (unpaired) electrons. The van der Waals surface area contributed by atoms with Crippen LogP contribution >= 0.6 is 0 Å². The molecule has 12 nitrogen and oxygen atoms in total. The molecule has 0 saturated carbocycles. The zero-order valence-electron chi connectivity index (χ0n) is 20.5. The van der Waals surface area contributed by atoms with Gasteiger partial charge < -0.3 is 9.47 Å². The molecule has 0 bridgehead atoms. The number of benzene rings is 3. The van der Waals surface area contributed by atoms with Crippen molar-refractivity contribution in [3.63, 3.8) is 0 Å². The van der Waals surface area contributed by atoms with Gasteiger partial charge in [0.05, 0.1) is 35.1 Å². The van der Waals surface area contributed by atoms with Gasteiger partial charge in [0.2, 0.25) is 5.95 Å². The maximum atomic E-state index is 12.3. The summed E-state index contributed by atoms with van der Waals surface area (Å²) in [5.41, 5.74) is 3.35. The summed E-state index contributed by atoms with van der Waals surface area (Å²) in [6.45, 7) is -0.224. The summed E-state index contributed by atoms with van der Waals surface area (Å²) in [6.07, 6.45) is 1.47. The Bertz CT molecular complexity index is 1640. The van der Waals surface area contributed by atoms with Crippen LogP contribution in [0.15, 0.2) is 82.7 Å². The summed E-state index contributed by atoms with van der Waals surface area (Å²) < 4.78 is 10.4. The number of nitriles is 1. The highest BCUT2D eigenvalue weighted by Gasteiger charge is 2.22. The number of hydrogen-bond donors (Lipinski definition) is 2. The molecular formula is C27H20N6O6. The van der Waals surface area contributed by atoms with Crippen LogP contribution in [0.2, 0.25) is 0 Å². The summed E-state index contributed by atoms with van der Waals surface area (Å²) in [6, 6.07) is 21.5. The zero-order valence-corrected chi connectivity index (χ0v) is 20.5. The van der Waals surface area contributed by atoms with Gasteiger partial charge in [-0.1, -0.05) is 36.4 Å². The third-order valence-electron chi connectivity index (χ3n) is 5.48. The minimum absolute atomic E-state index is 0.0476. The molecule has 12 heteroatoms. The number of nitro groups is 1. The van der Waals surface area contributed by atoms with E-state index in [1.807, 2.05) is 12.1 Å². The number of aromatic nitrogens is 2. The van der Waals surface area contributed by atoms with Gasteiger partial charge in [-0.25, -0.2) is 15.2 Å². The lowest BCUT2D eigenvalue weighted by atomic mass is 10.1. The van der Waals surface area contributed by atoms with E-state index >= 15 is 0 Å². The van der Waals surface area contributed by atoms with E-state index in [0.29, 0.717) is 16.9 Å². The number of rotatable bonds is 9. The highest BCUT2D eigenvalue weighted by atomic mass is 16.6. The number of hydrazone groups is 1. The largest absolute Gasteiger partial charge is 0.489 e. The second kappa shape index (κ2) is 11.9. The quantitative estimate of drug-likeness (QED) is 0.142. The number of H-pyrrole nitrogens is 1. The van der Waals surface area contributed by atoms with Crippen molar-refractivity contribution in [1.82, 2.24) is 9.97 Å². The van der Waals surface area contributed by atoms with E-state index < -0.39 is 16.5 Å². The fraction of sp³-hybridized carbons (Fsp3) is 0.0741. The topological polar surface area (TPSA) is 173 Å². The molecule has 0 aliphatic carbocycles. The van der Waals surface area contributed by atoms with Crippen LogP contribution in [-0.2, 0) is 11.3 Å². The number of anilines is 1. The van der Waals surface area contributed by atoms with Crippen LogP contribution in [-0.4, -0.2) is 34.2 Å². The molecule has 1 heterocycles. The number of nitrogens with one attached hydrogen (secondary N) is 2. The minimum atomic E-state index is -0.703. The van der Waals surface area contributed by atoms with Crippen molar-refractivity contribution in [2.75, 3.05) is 12.5 Å². The molecular weight excluding hydrogens is 504 g/mol. The maximum absolute atomic E-state index is 12.3. The number of hydrogen-bond acceptors (Lipinski definition) is 10. The average Bonchev–Trinajstić information content (AvgIpc) is 2.96. The van der Waals surface area contributed by atoms with E-state index in [0.717, 1.165) is 0 Å². The van der Waals surface area contributed by atoms with Gasteiger partial charge in [-0.15, -0.1) is 0 Å². The predicted octanol–water partition coefficient (Wildman–Crippen LogP) is 4.03. The van der Waals surface area contributed by atoms with Crippen molar-refractivity contribution in [3.05, 3.63) is 116 Å². The lowest BCUT2D eigenvalue weighted by molar-refractivity contribution is -0.385. The Balaban J connectivity index is 1.46. The Morgan fingerprint density at radius 1 is 1.15 bits per heavy atom. The average molecular weight is 524 g/mol. The Morgan fingerprint density at radius 2 is 1.90 bits per heavy atom. The van der Waals surface area contributed by atoms with Gasteiger partial charge in [-0.05, 0) is 35.9 Å². The molecule has 0 saturated heterocycles. The molecule has 194 valence electrons. The molecule has 4 rings (SSSR count). The Labute approximate surface area is 221 Å². The minimum Gasteiger partial charge on any atom is -0.489 e. The number of ether oxygens (including phenoxy) is 2. The first-order chi connectivity index (χ1) is 18.9. The van der Waals surface area contributed by atoms with E-state index in [9.17, 15) is 25.0 Å². The van der Waals surface area contributed by atoms with Crippen LogP contribution in [0.4, 0.5) is 11.6 Å². The highest BCUT2D eigenvalue weighted by molar-refractivity contribution is 5.92. The molecule has 0 aliphatic rings. The van der Waals surface area contributed by atoms with Crippen LogP contribution in [0.1, 0.15) is 27.0 Å². The Kier molecular flexibility index (Phi) is 8.03. The smallest absolute Gasteiger partial charge is 0.338 e. The lowest BCUT2D eigenvalue weighted by Crippen LogP contribution is -2.16. The van der Waals surface area contributed by atoms with Crippen molar-refractivity contribution < 1.29 is 19.2 Å². The monoisotopic (exact) mass is 524 g/mol. The molecule has 1 aromatic heterocycles. The molecule has 0 amide bonds. The van der Waals surface area contributed by atoms with Crippen molar-refractivity contribution in [2.24, 2.45) is 5.10 Å². The number of carbonyl (C=O) groups is 1. The zero-order chi connectivity index (χ0) is 27.8. The van der Waals surface area contributed by atoms with E-state index in [1.165, 1.54) is 31.5 Å². The molecule has 4 aromatic rings. The molecule has 2 N–H and O–H groups in total. The van der Waals surface area contributed by atoms with Crippen LogP contribution < -0.4 is 15.7 Å². The Morgan fingerprint density at radius 3 is 2.56 bits per heavy atom. The van der Waals surface area contributed by atoms with Crippen molar-refractivity contribution >= 4 is 23.8 Å². The summed E-state index contributed by atoms with van der Waals surface area (Å²) >= 11 is 0. The SMILES string of the molecule is COC(=O)c1cccc([N+](=O)[O-])c1COc1ccc(C=NNc2nc(-c3ccccc3)c(C#N)c(=O)[nH]2)cc1. The molecule has 39 heavy (non-hydrogen) atoms. The first-order valence-corrected chi connectivity index (χ1v) is 11.4. The maximum Gasteiger partial charge on any atom is 0.338 e. The van der Waals surface area contributed by atoms with E-state index in [1.54, 1.807) is 48.5 Å². The van der Waals surface area contributed by atoms with Crippen LogP contribution in [0.3, 0.4) is 0 Å². The number of nitro benzene ring substituents is 1. The number of aromatic amines is 1. The highest BCUT2D eigenvalue weighted by Crippen LogP contribution is 2.25. The number of esters is 1. The second-order valence-electron chi connectivity index (χ2n) is 7.90. The first kappa shape index (κ1) is 26.2. The van der Waals surface area contributed by atoms with Crippen molar-refractivity contribution in [1.29, 1.82) is 5.26 Å². The van der Waals surface area contributed by atoms with Crippen LogP contribution in [0, 0.1) is 21.4 Å². The van der Waals surface area contributed by atoms with Gasteiger partial charge in [-0.3, -0.25) is 19.9 Å². The fourth-order valence-electron chi connectivity index (χ4n) is 3.61. The second-order valence-corrected chi connectivity index (χ2v) is 7.90. The third kappa shape index (κ3) is 6.12. The number of carbonyl (C=O) groups excluding carboxylic acids is 1. The fourth-order valence-corrected chi connectivity index (χ4v) is 3.61. The van der Waals surface area contributed by atoms with Crippen LogP contribution in [0.5, 0.6) is 5.75 Å². The van der Waals surface area contributed by atoms with Gasteiger partial charge in [0, 0.05) is 11.6 Å². The van der Waals surface area contributed by atoms with Crippen molar-refractivity contribution in [3.8, 4) is 23.1 Å². The molecule has 0 fully saturated rings. The number of methoxy groups -OCH3 is 1.